The number of pyridine rings is 1. The van der Waals surface area contributed by atoms with Gasteiger partial charge in [0.15, 0.2) is 5.82 Å². The summed E-state index contributed by atoms with van der Waals surface area (Å²) in [5.74, 6) is 0.392. The van der Waals surface area contributed by atoms with E-state index in [9.17, 15) is 8.42 Å². The molecule has 0 aliphatic heterocycles. The normalized spacial score (nSPS) is 12.3. The summed E-state index contributed by atoms with van der Waals surface area (Å²) < 4.78 is 30.5. The molecule has 8 heteroatoms. The van der Waals surface area contributed by atoms with E-state index < -0.39 is 10.0 Å². The fourth-order valence-corrected chi connectivity index (χ4v) is 4.37. The summed E-state index contributed by atoms with van der Waals surface area (Å²) in [6, 6.07) is 16.0. The average molecular weight is 441 g/mol. The number of anilines is 1. The number of nitrogens with one attached hydrogen (secondary N) is 1. The van der Waals surface area contributed by atoms with Gasteiger partial charge < -0.3 is 0 Å². The minimum Gasteiger partial charge on any atom is -0.281 e. The third kappa shape index (κ3) is 3.91. The van der Waals surface area contributed by atoms with Gasteiger partial charge in [-0.3, -0.25) is 9.29 Å². The number of sulfonamides is 1. The van der Waals surface area contributed by atoms with Crippen molar-refractivity contribution in [2.45, 2.75) is 31.1 Å². The standard InChI is InChI=1S/C22H21ClN4O2S/c1-22(2,3)15-8-10-17(11-9-15)30(28,29)26-19-12-16(23)13-24-21(19)27-14-25-18-6-4-5-7-20(18)27/h4-14,26H,1-3H3. The molecular formula is C22H21ClN4O2S. The molecule has 1 N–H and O–H groups in total. The lowest BCUT2D eigenvalue weighted by molar-refractivity contribution is 0.587. The van der Waals surface area contributed by atoms with E-state index >= 15 is 0 Å². The average Bonchev–Trinajstić information content (AvgIpc) is 3.11. The highest BCUT2D eigenvalue weighted by molar-refractivity contribution is 7.92. The second kappa shape index (κ2) is 7.41. The topological polar surface area (TPSA) is 76.9 Å². The molecule has 0 bridgehead atoms. The largest absolute Gasteiger partial charge is 0.281 e. The molecule has 0 fully saturated rings. The van der Waals surface area contributed by atoms with Crippen molar-refractivity contribution < 1.29 is 8.42 Å². The van der Waals surface area contributed by atoms with Crippen LogP contribution < -0.4 is 4.72 Å². The number of para-hydroxylation sites is 2. The number of halogens is 1. The minimum absolute atomic E-state index is 0.0672. The van der Waals surface area contributed by atoms with Crippen molar-refractivity contribution in [2.24, 2.45) is 0 Å². The molecule has 0 unspecified atom stereocenters. The third-order valence-corrected chi connectivity index (χ3v) is 6.38. The predicted molar refractivity (Wildman–Crippen MR) is 120 cm³/mol. The number of benzene rings is 2. The summed E-state index contributed by atoms with van der Waals surface area (Å²) in [6.45, 7) is 6.23. The van der Waals surface area contributed by atoms with E-state index in [4.69, 9.17) is 11.6 Å². The van der Waals surface area contributed by atoms with Gasteiger partial charge in [0.1, 0.15) is 6.33 Å². The third-order valence-electron chi connectivity index (χ3n) is 4.79. The van der Waals surface area contributed by atoms with Crippen LogP contribution in [-0.2, 0) is 15.4 Å². The molecule has 0 spiro atoms. The summed E-state index contributed by atoms with van der Waals surface area (Å²) in [5, 5.41) is 0.323. The lowest BCUT2D eigenvalue weighted by atomic mass is 9.87. The molecule has 0 aliphatic rings. The summed E-state index contributed by atoms with van der Waals surface area (Å²) >= 11 is 6.12. The van der Waals surface area contributed by atoms with Crippen molar-refractivity contribution in [2.75, 3.05) is 4.72 Å². The Bertz CT molecular complexity index is 1320. The van der Waals surface area contributed by atoms with Gasteiger partial charge in [0, 0.05) is 6.20 Å². The zero-order valence-corrected chi connectivity index (χ0v) is 18.4. The molecule has 0 saturated carbocycles. The van der Waals surface area contributed by atoms with Crippen LogP contribution in [0.5, 0.6) is 0 Å². The van der Waals surface area contributed by atoms with Crippen molar-refractivity contribution in [3.05, 3.63) is 77.7 Å². The number of fused-ring (bicyclic) bond motifs is 1. The van der Waals surface area contributed by atoms with Gasteiger partial charge in [-0.05, 0) is 41.3 Å². The van der Waals surface area contributed by atoms with Crippen LogP contribution in [0.15, 0.2) is 72.0 Å². The molecule has 0 radical (unpaired) electrons. The van der Waals surface area contributed by atoms with Crippen molar-refractivity contribution >= 4 is 38.3 Å². The van der Waals surface area contributed by atoms with E-state index in [0.717, 1.165) is 16.6 Å². The van der Waals surface area contributed by atoms with E-state index in [1.54, 1.807) is 29.1 Å². The van der Waals surface area contributed by atoms with Gasteiger partial charge in [0.2, 0.25) is 0 Å². The van der Waals surface area contributed by atoms with Crippen LogP contribution in [0.1, 0.15) is 26.3 Å². The lowest BCUT2D eigenvalue weighted by Crippen LogP contribution is -2.16. The highest BCUT2D eigenvalue weighted by atomic mass is 35.5. The van der Waals surface area contributed by atoms with E-state index in [0.29, 0.717) is 10.8 Å². The Morgan fingerprint density at radius 3 is 2.40 bits per heavy atom. The smallest absolute Gasteiger partial charge is 0.262 e. The van der Waals surface area contributed by atoms with Gasteiger partial charge in [0.05, 0.1) is 26.6 Å². The lowest BCUT2D eigenvalue weighted by Gasteiger charge is -2.19. The van der Waals surface area contributed by atoms with Gasteiger partial charge in [-0.15, -0.1) is 0 Å². The number of rotatable bonds is 4. The van der Waals surface area contributed by atoms with Gasteiger partial charge in [-0.25, -0.2) is 18.4 Å². The molecule has 2 heterocycles. The number of imidazole rings is 1. The number of hydrogen-bond donors (Lipinski definition) is 1. The predicted octanol–water partition coefficient (Wildman–Crippen LogP) is 5.17. The van der Waals surface area contributed by atoms with E-state index in [2.05, 4.69) is 35.5 Å². The molecule has 0 aliphatic carbocycles. The van der Waals surface area contributed by atoms with E-state index in [1.165, 1.54) is 6.20 Å². The maximum Gasteiger partial charge on any atom is 0.262 e. The number of aromatic nitrogens is 3. The first kappa shape index (κ1) is 20.4. The first-order chi connectivity index (χ1) is 14.1. The summed E-state index contributed by atoms with van der Waals surface area (Å²) in [7, 11) is -3.84. The van der Waals surface area contributed by atoms with Crippen LogP contribution in [-0.4, -0.2) is 23.0 Å². The molecule has 0 saturated heterocycles. The Balaban J connectivity index is 1.75. The Morgan fingerprint density at radius 1 is 1.00 bits per heavy atom. The maximum atomic E-state index is 13.1. The minimum atomic E-state index is -3.84. The second-order valence-corrected chi connectivity index (χ2v) is 10.1. The second-order valence-electron chi connectivity index (χ2n) is 8.01. The molecule has 0 atom stereocenters. The molecule has 154 valence electrons. The van der Waals surface area contributed by atoms with Crippen molar-refractivity contribution in [1.29, 1.82) is 0 Å². The molecule has 2 aromatic carbocycles. The van der Waals surface area contributed by atoms with Gasteiger partial charge >= 0.3 is 0 Å². The van der Waals surface area contributed by atoms with Crippen molar-refractivity contribution in [3.8, 4) is 5.82 Å². The van der Waals surface area contributed by atoms with E-state index in [1.807, 2.05) is 36.4 Å². The Kier molecular flexibility index (Phi) is 5.03. The van der Waals surface area contributed by atoms with Crippen molar-refractivity contribution in [1.82, 2.24) is 14.5 Å². The van der Waals surface area contributed by atoms with Gasteiger partial charge in [-0.2, -0.15) is 0 Å². The quantitative estimate of drug-likeness (QED) is 0.474. The summed E-state index contributed by atoms with van der Waals surface area (Å²) in [4.78, 5) is 8.88. The fourth-order valence-electron chi connectivity index (χ4n) is 3.16. The highest BCUT2D eigenvalue weighted by Gasteiger charge is 2.20. The zero-order chi connectivity index (χ0) is 21.5. The van der Waals surface area contributed by atoms with Crippen LogP contribution in [0.2, 0.25) is 5.02 Å². The summed E-state index contributed by atoms with van der Waals surface area (Å²) in [6.07, 6.45) is 3.08. The van der Waals surface area contributed by atoms with Gasteiger partial charge in [0.25, 0.3) is 10.0 Å². The molecule has 6 nitrogen and oxygen atoms in total. The van der Waals surface area contributed by atoms with Gasteiger partial charge in [-0.1, -0.05) is 56.6 Å². The van der Waals surface area contributed by atoms with Crippen LogP contribution in [0, 0.1) is 0 Å². The Labute approximate surface area is 180 Å². The Morgan fingerprint density at radius 2 is 1.70 bits per heavy atom. The maximum absolute atomic E-state index is 13.1. The van der Waals surface area contributed by atoms with Crippen LogP contribution in [0.25, 0.3) is 16.9 Å². The SMILES string of the molecule is CC(C)(C)c1ccc(S(=O)(=O)Nc2cc(Cl)cnc2-n2cnc3ccccc32)cc1. The summed E-state index contributed by atoms with van der Waals surface area (Å²) in [5.41, 5.74) is 2.84. The first-order valence-electron chi connectivity index (χ1n) is 9.36. The molecular weight excluding hydrogens is 420 g/mol. The van der Waals surface area contributed by atoms with Crippen LogP contribution in [0.3, 0.4) is 0 Å². The monoisotopic (exact) mass is 440 g/mol. The van der Waals surface area contributed by atoms with E-state index in [-0.39, 0.29) is 16.0 Å². The molecule has 30 heavy (non-hydrogen) atoms. The number of nitrogens with zero attached hydrogens (tertiary/aromatic N) is 3. The molecule has 4 aromatic rings. The number of hydrogen-bond acceptors (Lipinski definition) is 4. The Hall–Kier alpha value is -2.90. The molecule has 4 rings (SSSR count). The van der Waals surface area contributed by atoms with Crippen LogP contribution in [0.4, 0.5) is 5.69 Å². The fraction of sp³-hybridized carbons (Fsp3) is 0.182. The van der Waals surface area contributed by atoms with Crippen LogP contribution >= 0.6 is 11.6 Å². The zero-order valence-electron chi connectivity index (χ0n) is 16.8. The first-order valence-corrected chi connectivity index (χ1v) is 11.2. The highest BCUT2D eigenvalue weighted by Crippen LogP contribution is 2.28. The molecule has 0 amide bonds. The molecule has 2 aromatic heterocycles. The van der Waals surface area contributed by atoms with Crippen molar-refractivity contribution in [3.63, 3.8) is 0 Å².